The van der Waals surface area contributed by atoms with Gasteiger partial charge in [-0.1, -0.05) is 6.07 Å². The van der Waals surface area contributed by atoms with Gasteiger partial charge in [0.05, 0.1) is 40.6 Å². The number of benzene rings is 1. The Labute approximate surface area is 195 Å². The topological polar surface area (TPSA) is 77.6 Å². The number of carbonyl (C=O) groups excluding carboxylic acids is 1. The highest BCUT2D eigenvalue weighted by atomic mass is 32.1. The third-order valence-corrected chi connectivity index (χ3v) is 6.05. The van der Waals surface area contributed by atoms with Crippen molar-refractivity contribution in [3.8, 4) is 5.69 Å². The molecular weight excluding hydrogens is 465 g/mol. The Kier molecular flexibility index (Phi) is 5.40. The number of anilines is 1. The molecule has 0 radical (unpaired) electrons. The Morgan fingerprint density at radius 1 is 1.15 bits per heavy atom. The molecule has 11 heteroatoms. The molecule has 0 atom stereocenters. The maximum absolute atomic E-state index is 13.4. The minimum absolute atomic E-state index is 0.0166. The minimum atomic E-state index is -4.56. The Bertz CT molecular complexity index is 1470. The van der Waals surface area contributed by atoms with E-state index >= 15 is 0 Å². The van der Waals surface area contributed by atoms with Crippen molar-refractivity contribution < 1.29 is 18.0 Å². The first kappa shape index (κ1) is 21.8. The van der Waals surface area contributed by atoms with Gasteiger partial charge in [-0.2, -0.15) is 23.4 Å². The number of rotatable bonds is 5. The number of carbonyl (C=O) groups is 1. The van der Waals surface area contributed by atoms with E-state index < -0.39 is 17.6 Å². The van der Waals surface area contributed by atoms with E-state index in [1.54, 1.807) is 47.5 Å². The first-order valence-corrected chi connectivity index (χ1v) is 11.1. The van der Waals surface area contributed by atoms with Crippen LogP contribution in [-0.2, 0) is 12.7 Å². The molecular formula is C23H17F3N6OS. The number of aryl methyl sites for hydroxylation is 1. The molecule has 0 aliphatic rings. The summed E-state index contributed by atoms with van der Waals surface area (Å²) in [4.78, 5) is 18.9. The molecule has 0 aliphatic heterocycles. The monoisotopic (exact) mass is 482 g/mol. The number of alkyl halides is 3. The average molecular weight is 482 g/mol. The van der Waals surface area contributed by atoms with Gasteiger partial charge in [0.2, 0.25) is 0 Å². The Morgan fingerprint density at radius 3 is 2.71 bits per heavy atom. The normalized spacial score (nSPS) is 11.8. The van der Waals surface area contributed by atoms with Gasteiger partial charge in [-0.05, 0) is 48.7 Å². The summed E-state index contributed by atoms with van der Waals surface area (Å²) in [5, 5.41) is 13.6. The summed E-state index contributed by atoms with van der Waals surface area (Å²) in [5.74, 6) is -0.570. The second kappa shape index (κ2) is 8.41. The molecule has 0 spiro atoms. The Morgan fingerprint density at radius 2 is 2.00 bits per heavy atom. The molecule has 7 nitrogen and oxygen atoms in total. The second-order valence-corrected chi connectivity index (χ2v) is 8.60. The van der Waals surface area contributed by atoms with Crippen molar-refractivity contribution in [3.05, 3.63) is 88.1 Å². The number of thiophene rings is 1. The molecule has 1 aromatic carbocycles. The van der Waals surface area contributed by atoms with Gasteiger partial charge < -0.3 is 5.32 Å². The zero-order valence-corrected chi connectivity index (χ0v) is 18.6. The summed E-state index contributed by atoms with van der Waals surface area (Å²) >= 11 is 1.58. The number of amides is 1. The van der Waals surface area contributed by atoms with Gasteiger partial charge in [-0.15, -0.1) is 11.3 Å². The van der Waals surface area contributed by atoms with Crippen LogP contribution in [0.1, 0.15) is 26.5 Å². The van der Waals surface area contributed by atoms with Crippen LogP contribution in [0.2, 0.25) is 0 Å². The number of aromatic nitrogens is 5. The fourth-order valence-electron chi connectivity index (χ4n) is 3.64. The van der Waals surface area contributed by atoms with E-state index in [0.29, 0.717) is 29.0 Å². The molecule has 172 valence electrons. The van der Waals surface area contributed by atoms with Crippen LogP contribution in [-0.4, -0.2) is 30.5 Å². The van der Waals surface area contributed by atoms with Gasteiger partial charge in [0.25, 0.3) is 5.91 Å². The predicted octanol–water partition coefficient (Wildman–Crippen LogP) is 5.31. The summed E-state index contributed by atoms with van der Waals surface area (Å²) in [7, 11) is 0. The molecule has 4 heterocycles. The first-order valence-electron chi connectivity index (χ1n) is 10.2. The van der Waals surface area contributed by atoms with Gasteiger partial charge >= 0.3 is 6.18 Å². The molecule has 0 saturated carbocycles. The number of nitrogens with one attached hydrogen (secondary N) is 1. The third kappa shape index (κ3) is 4.17. The maximum Gasteiger partial charge on any atom is 0.416 e. The fourth-order valence-corrected chi connectivity index (χ4v) is 4.33. The van der Waals surface area contributed by atoms with Crippen molar-refractivity contribution in [3.63, 3.8) is 0 Å². The van der Waals surface area contributed by atoms with Crippen molar-refractivity contribution in [2.45, 2.75) is 19.6 Å². The molecule has 0 unspecified atom stereocenters. The van der Waals surface area contributed by atoms with Crippen molar-refractivity contribution in [2.24, 2.45) is 0 Å². The zero-order valence-electron chi connectivity index (χ0n) is 17.7. The highest BCUT2D eigenvalue weighted by Crippen LogP contribution is 2.33. The largest absolute Gasteiger partial charge is 0.416 e. The number of fused-ring (bicyclic) bond motifs is 1. The van der Waals surface area contributed by atoms with E-state index in [0.717, 1.165) is 17.0 Å². The number of nitrogens with zero attached hydrogens (tertiary/aromatic N) is 5. The molecule has 0 aliphatic carbocycles. The molecule has 1 N–H and O–H groups in total. The van der Waals surface area contributed by atoms with Crippen LogP contribution in [0.3, 0.4) is 0 Å². The lowest BCUT2D eigenvalue weighted by Crippen LogP contribution is -2.16. The summed E-state index contributed by atoms with van der Waals surface area (Å²) < 4.78 is 43.2. The smallest absolute Gasteiger partial charge is 0.320 e. The number of pyridine rings is 1. The molecule has 5 rings (SSSR count). The number of hydrogen-bond acceptors (Lipinski definition) is 5. The summed E-state index contributed by atoms with van der Waals surface area (Å²) in [5.41, 5.74) is 0.790. The SMILES string of the molecule is Cc1cc(C(=O)Nc2cc(C(F)(F)F)ccc2-n2cccn2)c2cnn(Cc3cccs3)c2n1. The maximum atomic E-state index is 13.4. The minimum Gasteiger partial charge on any atom is -0.320 e. The fraction of sp³-hybridized carbons (Fsp3) is 0.130. The third-order valence-electron chi connectivity index (χ3n) is 5.19. The van der Waals surface area contributed by atoms with Crippen LogP contribution in [0.4, 0.5) is 18.9 Å². The molecule has 1 amide bonds. The van der Waals surface area contributed by atoms with Crippen LogP contribution < -0.4 is 5.32 Å². The standard InChI is InChI=1S/C23H17F3N6OS/c1-14-10-17(18-12-28-32(21(18)29-14)13-16-4-2-9-34-16)22(33)30-19-11-15(23(24,25)26)5-6-20(19)31-8-3-7-27-31/h2-12H,13H2,1H3,(H,30,33). The molecule has 5 aromatic rings. The van der Waals surface area contributed by atoms with Gasteiger partial charge in [0, 0.05) is 23.0 Å². The summed E-state index contributed by atoms with van der Waals surface area (Å²) in [6.07, 6.45) is 0.0685. The summed E-state index contributed by atoms with van der Waals surface area (Å²) in [6, 6.07) is 10.3. The van der Waals surface area contributed by atoms with E-state index in [-0.39, 0.29) is 11.3 Å². The van der Waals surface area contributed by atoms with Crippen LogP contribution in [0.25, 0.3) is 16.7 Å². The van der Waals surface area contributed by atoms with Gasteiger partial charge in [0.1, 0.15) is 0 Å². The molecule has 4 aromatic heterocycles. The second-order valence-electron chi connectivity index (χ2n) is 7.56. The lowest BCUT2D eigenvalue weighted by atomic mass is 10.1. The van der Waals surface area contributed by atoms with E-state index in [2.05, 4.69) is 20.5 Å². The van der Waals surface area contributed by atoms with Gasteiger partial charge in [0.15, 0.2) is 5.65 Å². The van der Waals surface area contributed by atoms with Crippen LogP contribution in [0, 0.1) is 6.92 Å². The lowest BCUT2D eigenvalue weighted by Gasteiger charge is -2.15. The van der Waals surface area contributed by atoms with Crippen LogP contribution >= 0.6 is 11.3 Å². The van der Waals surface area contributed by atoms with Crippen molar-refractivity contribution >= 4 is 34.0 Å². The predicted molar refractivity (Wildman–Crippen MR) is 122 cm³/mol. The van der Waals surface area contributed by atoms with E-state index in [1.165, 1.54) is 16.9 Å². The quantitative estimate of drug-likeness (QED) is 0.369. The number of halogens is 3. The Hall–Kier alpha value is -3.99. The van der Waals surface area contributed by atoms with Gasteiger partial charge in [-0.3, -0.25) is 4.79 Å². The van der Waals surface area contributed by atoms with Gasteiger partial charge in [-0.25, -0.2) is 14.3 Å². The molecule has 0 bridgehead atoms. The number of hydrogen-bond donors (Lipinski definition) is 1. The zero-order chi connectivity index (χ0) is 23.9. The summed E-state index contributed by atoms with van der Waals surface area (Å²) in [6.45, 7) is 2.24. The highest BCUT2D eigenvalue weighted by molar-refractivity contribution is 7.09. The molecule has 34 heavy (non-hydrogen) atoms. The van der Waals surface area contributed by atoms with Crippen LogP contribution in [0.5, 0.6) is 0 Å². The Balaban J connectivity index is 1.55. The first-order chi connectivity index (χ1) is 16.3. The molecule has 0 fully saturated rings. The van der Waals surface area contributed by atoms with E-state index in [1.807, 2.05) is 17.5 Å². The molecule has 0 saturated heterocycles. The van der Waals surface area contributed by atoms with E-state index in [4.69, 9.17) is 0 Å². The van der Waals surface area contributed by atoms with Crippen molar-refractivity contribution in [1.82, 2.24) is 24.5 Å². The highest BCUT2D eigenvalue weighted by Gasteiger charge is 2.31. The van der Waals surface area contributed by atoms with E-state index in [9.17, 15) is 18.0 Å². The van der Waals surface area contributed by atoms with Crippen molar-refractivity contribution in [2.75, 3.05) is 5.32 Å². The average Bonchev–Trinajstić information content (AvgIpc) is 3.56. The van der Waals surface area contributed by atoms with Crippen molar-refractivity contribution in [1.29, 1.82) is 0 Å². The lowest BCUT2D eigenvalue weighted by molar-refractivity contribution is -0.137. The van der Waals surface area contributed by atoms with Crippen LogP contribution in [0.15, 0.2) is 66.4 Å².